The largest absolute Gasteiger partial charge is 0.445 e. The lowest BCUT2D eigenvalue weighted by Crippen LogP contribution is -2.54. The lowest BCUT2D eigenvalue weighted by molar-refractivity contribution is -0.165. The molecule has 0 bridgehead atoms. The third-order valence-electron chi connectivity index (χ3n) is 5.75. The summed E-state index contributed by atoms with van der Waals surface area (Å²) < 4.78 is 17.5. The fourth-order valence-corrected chi connectivity index (χ4v) is 3.68. The van der Waals surface area contributed by atoms with E-state index in [4.69, 9.17) is 25.4 Å². The average molecular weight is 536 g/mol. The molecule has 1 aromatic carbocycles. The van der Waals surface area contributed by atoms with Crippen LogP contribution in [0.15, 0.2) is 30.3 Å². The number of carbonyl (C=O) groups excluding carboxylic acids is 2. The van der Waals surface area contributed by atoms with Crippen molar-refractivity contribution in [3.63, 3.8) is 0 Å². The van der Waals surface area contributed by atoms with Gasteiger partial charge in [0.2, 0.25) is 5.91 Å². The molecule has 0 aliphatic heterocycles. The molecule has 0 spiro atoms. The Balaban J connectivity index is 2.92. The van der Waals surface area contributed by atoms with Crippen LogP contribution in [-0.4, -0.2) is 56.1 Å². The van der Waals surface area contributed by atoms with Crippen molar-refractivity contribution in [3.8, 4) is 0 Å². The third-order valence-corrected chi connectivity index (χ3v) is 5.75. The van der Waals surface area contributed by atoms with Crippen LogP contribution in [0.25, 0.3) is 0 Å². The van der Waals surface area contributed by atoms with Crippen molar-refractivity contribution >= 4 is 18.0 Å². The van der Waals surface area contributed by atoms with Gasteiger partial charge in [-0.05, 0) is 43.6 Å². The van der Waals surface area contributed by atoms with E-state index in [1.165, 1.54) is 0 Å². The summed E-state index contributed by atoms with van der Waals surface area (Å²) in [5.41, 5.74) is 6.27. The van der Waals surface area contributed by atoms with Crippen LogP contribution < -0.4 is 21.7 Å². The Kier molecular flexibility index (Phi) is 17.6. The zero-order valence-electron chi connectivity index (χ0n) is 23.6. The first kappa shape index (κ1) is 33.2. The van der Waals surface area contributed by atoms with E-state index < -0.39 is 24.5 Å². The van der Waals surface area contributed by atoms with Gasteiger partial charge in [-0.25, -0.2) is 4.79 Å². The highest BCUT2D eigenvalue weighted by Crippen LogP contribution is 2.13. The number of rotatable bonds is 20. The molecular weight excluding hydrogens is 486 g/mol. The van der Waals surface area contributed by atoms with Crippen LogP contribution in [0.1, 0.15) is 78.2 Å². The maximum Gasteiger partial charge on any atom is 0.408 e. The fraction of sp³-hybridized carbons (Fsp3) is 0.679. The van der Waals surface area contributed by atoms with Crippen LogP contribution in [0.4, 0.5) is 4.79 Å². The molecule has 0 aromatic heterocycles. The SMILES string of the molecule is CCCCOC(OCCCC)[C@H](CCCNC(=N)N)NC(=O)[C@H](CC(C)C)NC(=O)OCc1ccccc1. The van der Waals surface area contributed by atoms with Crippen molar-refractivity contribution in [2.45, 2.75) is 97.6 Å². The zero-order valence-corrected chi connectivity index (χ0v) is 23.6. The Morgan fingerprint density at radius 2 is 1.61 bits per heavy atom. The summed E-state index contributed by atoms with van der Waals surface area (Å²) in [7, 11) is 0. The van der Waals surface area contributed by atoms with Gasteiger partial charge in [-0.15, -0.1) is 0 Å². The standard InChI is InChI=1S/C28H49N5O5/c1-5-7-17-36-26(37-18-8-6-2)23(15-12-16-31-27(29)30)32-25(34)24(19-21(3)4)33-28(35)38-20-22-13-10-9-11-14-22/h9-11,13-14,21,23-24,26H,5-8,12,15-20H2,1-4H3,(H,32,34)(H,33,35)(H4,29,30,31)/t23-,24-/m0/s1. The number of benzene rings is 1. The second-order valence-corrected chi connectivity index (χ2v) is 9.80. The highest BCUT2D eigenvalue weighted by molar-refractivity contribution is 5.85. The maximum absolute atomic E-state index is 13.4. The lowest BCUT2D eigenvalue weighted by Gasteiger charge is -2.30. The first-order valence-electron chi connectivity index (χ1n) is 13.8. The fourth-order valence-electron chi connectivity index (χ4n) is 3.68. The second-order valence-electron chi connectivity index (χ2n) is 9.80. The molecule has 1 aromatic rings. The predicted molar refractivity (Wildman–Crippen MR) is 150 cm³/mol. The van der Waals surface area contributed by atoms with Crippen LogP contribution in [0.5, 0.6) is 0 Å². The van der Waals surface area contributed by atoms with E-state index in [9.17, 15) is 9.59 Å². The molecule has 6 N–H and O–H groups in total. The predicted octanol–water partition coefficient (Wildman–Crippen LogP) is 4.04. The number of unbranched alkanes of at least 4 members (excludes halogenated alkanes) is 2. The van der Waals surface area contributed by atoms with E-state index in [0.29, 0.717) is 39.0 Å². The molecule has 0 aliphatic rings. The smallest absolute Gasteiger partial charge is 0.408 e. The van der Waals surface area contributed by atoms with Gasteiger partial charge in [0, 0.05) is 19.8 Å². The Morgan fingerprint density at radius 3 is 2.16 bits per heavy atom. The lowest BCUT2D eigenvalue weighted by atomic mass is 10.0. The number of hydrogen-bond acceptors (Lipinski definition) is 6. The first-order chi connectivity index (χ1) is 18.3. The van der Waals surface area contributed by atoms with Crippen molar-refractivity contribution in [2.75, 3.05) is 19.8 Å². The van der Waals surface area contributed by atoms with Crippen molar-refractivity contribution < 1.29 is 23.8 Å². The van der Waals surface area contributed by atoms with Crippen LogP contribution in [-0.2, 0) is 25.6 Å². The number of amides is 2. The molecule has 216 valence electrons. The number of nitrogens with two attached hydrogens (primary N) is 1. The van der Waals surface area contributed by atoms with Gasteiger partial charge in [-0.1, -0.05) is 70.9 Å². The van der Waals surface area contributed by atoms with Gasteiger partial charge in [0.25, 0.3) is 0 Å². The summed E-state index contributed by atoms with van der Waals surface area (Å²) >= 11 is 0. The third kappa shape index (κ3) is 15.4. The van der Waals surface area contributed by atoms with Crippen molar-refractivity contribution in [1.82, 2.24) is 16.0 Å². The number of nitrogens with one attached hydrogen (secondary N) is 4. The minimum atomic E-state index is -0.775. The Morgan fingerprint density at radius 1 is 0.974 bits per heavy atom. The topological polar surface area (TPSA) is 148 Å². The van der Waals surface area contributed by atoms with Gasteiger partial charge in [-0.2, -0.15) is 0 Å². The number of guanidine groups is 1. The van der Waals surface area contributed by atoms with E-state index in [1.54, 1.807) is 0 Å². The van der Waals surface area contributed by atoms with Gasteiger partial charge in [0.05, 0.1) is 6.04 Å². The summed E-state index contributed by atoms with van der Waals surface area (Å²) in [6.07, 6.45) is 4.07. The summed E-state index contributed by atoms with van der Waals surface area (Å²) in [6.45, 7) is 9.80. The Labute approximate surface area is 228 Å². The molecule has 2 atom stereocenters. The van der Waals surface area contributed by atoms with Crippen LogP contribution in [0.3, 0.4) is 0 Å². The Bertz CT molecular complexity index is 783. The van der Waals surface area contributed by atoms with Crippen molar-refractivity contribution in [1.29, 1.82) is 5.41 Å². The van der Waals surface area contributed by atoms with E-state index in [2.05, 4.69) is 29.8 Å². The van der Waals surface area contributed by atoms with E-state index in [-0.39, 0.29) is 24.4 Å². The van der Waals surface area contributed by atoms with Crippen LogP contribution in [0, 0.1) is 11.3 Å². The number of alkyl carbamates (subject to hydrolysis) is 1. The van der Waals surface area contributed by atoms with Crippen LogP contribution >= 0.6 is 0 Å². The minimum Gasteiger partial charge on any atom is -0.445 e. The van der Waals surface area contributed by atoms with E-state index in [1.807, 2.05) is 44.2 Å². The molecule has 2 amide bonds. The summed E-state index contributed by atoms with van der Waals surface area (Å²) in [5, 5.41) is 16.0. The highest BCUT2D eigenvalue weighted by atomic mass is 16.7. The molecule has 0 fully saturated rings. The molecule has 0 heterocycles. The second kappa shape index (κ2) is 20.2. The molecule has 10 heteroatoms. The number of ether oxygens (including phenoxy) is 3. The zero-order chi connectivity index (χ0) is 28.2. The van der Waals surface area contributed by atoms with Gasteiger partial charge in [0.1, 0.15) is 12.6 Å². The minimum absolute atomic E-state index is 0.101. The van der Waals surface area contributed by atoms with Crippen molar-refractivity contribution in [2.24, 2.45) is 11.7 Å². The molecule has 0 saturated heterocycles. The van der Waals surface area contributed by atoms with Gasteiger partial charge < -0.3 is 35.9 Å². The quantitative estimate of drug-likeness (QED) is 0.0732. The highest BCUT2D eigenvalue weighted by Gasteiger charge is 2.29. The molecule has 0 radical (unpaired) electrons. The average Bonchev–Trinajstić information content (AvgIpc) is 2.88. The summed E-state index contributed by atoms with van der Waals surface area (Å²) in [6, 6.07) is 8.16. The van der Waals surface area contributed by atoms with E-state index in [0.717, 1.165) is 31.2 Å². The van der Waals surface area contributed by atoms with Gasteiger partial charge in [0.15, 0.2) is 12.2 Å². The molecule has 1 rings (SSSR count). The number of carbonyl (C=O) groups is 2. The molecule has 0 saturated carbocycles. The molecule has 10 nitrogen and oxygen atoms in total. The Hall–Kier alpha value is -2.85. The molecule has 0 unspecified atom stereocenters. The molecule has 0 aliphatic carbocycles. The van der Waals surface area contributed by atoms with Gasteiger partial charge in [-0.3, -0.25) is 10.2 Å². The molecule has 38 heavy (non-hydrogen) atoms. The first-order valence-corrected chi connectivity index (χ1v) is 13.8. The van der Waals surface area contributed by atoms with Gasteiger partial charge >= 0.3 is 6.09 Å². The monoisotopic (exact) mass is 535 g/mol. The molecular formula is C28H49N5O5. The number of hydrogen-bond donors (Lipinski definition) is 5. The summed E-state index contributed by atoms with van der Waals surface area (Å²) in [5.74, 6) is -0.255. The van der Waals surface area contributed by atoms with E-state index >= 15 is 0 Å². The maximum atomic E-state index is 13.4. The normalized spacial score (nSPS) is 12.7. The summed E-state index contributed by atoms with van der Waals surface area (Å²) in [4.78, 5) is 26.0. The van der Waals surface area contributed by atoms with Crippen molar-refractivity contribution in [3.05, 3.63) is 35.9 Å². The van der Waals surface area contributed by atoms with Crippen LogP contribution in [0.2, 0.25) is 0 Å².